The lowest BCUT2D eigenvalue weighted by Gasteiger charge is -2.13. The molecule has 0 aliphatic carbocycles. The molecule has 0 aliphatic heterocycles. The van der Waals surface area contributed by atoms with Crippen LogP contribution in [0.1, 0.15) is 32.9 Å². The Balaban J connectivity index is 1.46. The number of pyridine rings is 1. The zero-order valence-electron chi connectivity index (χ0n) is 23.8. The number of benzene rings is 3. The first kappa shape index (κ1) is 30.3. The van der Waals surface area contributed by atoms with Gasteiger partial charge in [0.05, 0.1) is 45.4 Å². The van der Waals surface area contributed by atoms with Crippen molar-refractivity contribution in [3.8, 4) is 23.2 Å². The second-order valence-corrected chi connectivity index (χ2v) is 12.0. The van der Waals surface area contributed by atoms with E-state index in [2.05, 4.69) is 9.97 Å². The molecule has 0 saturated heterocycles. The molecule has 0 amide bonds. The minimum absolute atomic E-state index is 0.0966. The molecule has 0 atom stereocenters. The number of nitriles is 1. The Bertz CT molecular complexity index is 2030. The maximum atomic E-state index is 14.3. The Morgan fingerprint density at radius 2 is 1.84 bits per heavy atom. The third-order valence-corrected chi connectivity index (χ3v) is 8.16. The van der Waals surface area contributed by atoms with Crippen LogP contribution >= 0.6 is 0 Å². The Kier molecular flexibility index (Phi) is 8.71. The smallest absolute Gasteiger partial charge is 0.335 e. The SMILES string of the molecule is COCCn1c(Cc2ccc(-c3cccc(OCc4ccc(C#N)cc4F)n3)cc2S(C)(=O)=O)nc2ccc(C(=O)O)cc21. The Labute approximate surface area is 252 Å². The Morgan fingerprint density at radius 1 is 1.05 bits per heavy atom. The van der Waals surface area contributed by atoms with Gasteiger partial charge in [-0.05, 0) is 48.0 Å². The number of rotatable bonds is 11. The second-order valence-electron chi connectivity index (χ2n) is 10.0. The number of methoxy groups -OCH3 is 1. The third-order valence-electron chi connectivity index (χ3n) is 6.99. The van der Waals surface area contributed by atoms with Crippen LogP contribution in [0.2, 0.25) is 0 Å². The highest BCUT2D eigenvalue weighted by Crippen LogP contribution is 2.29. The van der Waals surface area contributed by atoms with Crippen LogP contribution in [-0.2, 0) is 34.1 Å². The molecule has 0 fully saturated rings. The number of hydrogen-bond acceptors (Lipinski definition) is 8. The van der Waals surface area contributed by atoms with E-state index in [9.17, 15) is 22.7 Å². The number of nitrogens with zero attached hydrogens (tertiary/aromatic N) is 4. The largest absolute Gasteiger partial charge is 0.478 e. The molecule has 224 valence electrons. The number of aromatic nitrogens is 3. The number of fused-ring (bicyclic) bond motifs is 1. The Hall–Kier alpha value is -5.12. The maximum Gasteiger partial charge on any atom is 0.335 e. The van der Waals surface area contributed by atoms with Gasteiger partial charge in [-0.1, -0.05) is 24.3 Å². The monoisotopic (exact) mass is 614 g/mol. The van der Waals surface area contributed by atoms with Gasteiger partial charge in [-0.3, -0.25) is 0 Å². The fourth-order valence-corrected chi connectivity index (χ4v) is 5.75. The number of imidazole rings is 1. The minimum atomic E-state index is -3.69. The molecule has 3 aromatic carbocycles. The highest BCUT2D eigenvalue weighted by molar-refractivity contribution is 7.90. The van der Waals surface area contributed by atoms with Gasteiger partial charge in [-0.2, -0.15) is 5.26 Å². The molecule has 44 heavy (non-hydrogen) atoms. The average Bonchev–Trinajstić information content (AvgIpc) is 3.34. The lowest BCUT2D eigenvalue weighted by molar-refractivity contribution is 0.0697. The number of sulfone groups is 1. The van der Waals surface area contributed by atoms with Crippen LogP contribution in [0.15, 0.2) is 77.7 Å². The predicted molar refractivity (Wildman–Crippen MR) is 160 cm³/mol. The molecule has 0 aliphatic rings. The number of halogens is 1. The van der Waals surface area contributed by atoms with Gasteiger partial charge < -0.3 is 19.1 Å². The lowest BCUT2D eigenvalue weighted by atomic mass is 10.1. The normalized spacial score (nSPS) is 11.4. The summed E-state index contributed by atoms with van der Waals surface area (Å²) >= 11 is 0. The summed E-state index contributed by atoms with van der Waals surface area (Å²) in [6, 6.07) is 20.7. The fraction of sp³-hybridized carbons (Fsp3) is 0.188. The van der Waals surface area contributed by atoms with Gasteiger partial charge in [0.2, 0.25) is 5.88 Å². The summed E-state index contributed by atoms with van der Waals surface area (Å²) in [6.45, 7) is 0.621. The van der Waals surface area contributed by atoms with Gasteiger partial charge in [0.1, 0.15) is 18.2 Å². The van der Waals surface area contributed by atoms with Crippen molar-refractivity contribution in [2.24, 2.45) is 0 Å². The molecular weight excluding hydrogens is 587 g/mol. The molecule has 2 heterocycles. The molecule has 5 aromatic rings. The van der Waals surface area contributed by atoms with E-state index in [0.717, 1.165) is 12.3 Å². The molecule has 0 spiro atoms. The standard InChI is InChI=1S/C32H27FN4O6S/c1-42-13-12-37-28-15-23(32(38)39)10-11-27(28)35-30(37)17-22-9-8-21(16-29(22)44(2,40)41)26-4-3-5-31(36-26)43-19-24-7-6-20(18-34)14-25(24)33/h3-11,14-16H,12-13,17,19H2,1-2H3,(H,38,39). The first-order valence-corrected chi connectivity index (χ1v) is 15.3. The van der Waals surface area contributed by atoms with Crippen molar-refractivity contribution in [1.82, 2.24) is 14.5 Å². The van der Waals surface area contributed by atoms with E-state index in [1.807, 2.05) is 10.6 Å². The topological polar surface area (TPSA) is 144 Å². The van der Waals surface area contributed by atoms with Gasteiger partial charge in [0, 0.05) is 43.5 Å². The van der Waals surface area contributed by atoms with Crippen molar-refractivity contribution in [1.29, 1.82) is 5.26 Å². The van der Waals surface area contributed by atoms with E-state index < -0.39 is 21.6 Å². The van der Waals surface area contributed by atoms with Crippen molar-refractivity contribution in [3.05, 3.63) is 107 Å². The van der Waals surface area contributed by atoms with E-state index in [1.54, 1.807) is 55.6 Å². The predicted octanol–water partition coefficient (Wildman–Crippen LogP) is 5.03. The van der Waals surface area contributed by atoms with Crippen LogP contribution in [0, 0.1) is 17.1 Å². The van der Waals surface area contributed by atoms with Gasteiger partial charge in [-0.25, -0.2) is 27.6 Å². The van der Waals surface area contributed by atoms with E-state index in [0.29, 0.717) is 46.8 Å². The molecular formula is C32H27FN4O6S. The lowest BCUT2D eigenvalue weighted by Crippen LogP contribution is -2.11. The molecule has 12 heteroatoms. The van der Waals surface area contributed by atoms with Gasteiger partial charge in [0.15, 0.2) is 9.84 Å². The summed E-state index contributed by atoms with van der Waals surface area (Å²) in [5, 5.41) is 18.4. The Morgan fingerprint density at radius 3 is 2.55 bits per heavy atom. The van der Waals surface area contributed by atoms with Crippen molar-refractivity contribution in [2.45, 2.75) is 24.5 Å². The van der Waals surface area contributed by atoms with Gasteiger partial charge >= 0.3 is 5.97 Å². The van der Waals surface area contributed by atoms with Crippen LogP contribution < -0.4 is 4.74 Å². The number of hydrogen-bond donors (Lipinski definition) is 1. The quantitative estimate of drug-likeness (QED) is 0.217. The summed E-state index contributed by atoms with van der Waals surface area (Å²) in [5.74, 6) is -0.858. The molecule has 0 unspecified atom stereocenters. The number of carboxylic acid groups (broad SMARTS) is 1. The first-order valence-electron chi connectivity index (χ1n) is 13.4. The number of aromatic carboxylic acids is 1. The van der Waals surface area contributed by atoms with Crippen molar-refractivity contribution in [3.63, 3.8) is 0 Å². The fourth-order valence-electron chi connectivity index (χ4n) is 4.79. The summed E-state index contributed by atoms with van der Waals surface area (Å²) in [4.78, 5) is 20.8. The van der Waals surface area contributed by atoms with Gasteiger partial charge in [0.25, 0.3) is 0 Å². The van der Waals surface area contributed by atoms with Crippen LogP contribution in [0.5, 0.6) is 5.88 Å². The van der Waals surface area contributed by atoms with Crippen LogP contribution in [0.25, 0.3) is 22.3 Å². The van der Waals surface area contributed by atoms with E-state index >= 15 is 0 Å². The molecule has 0 radical (unpaired) electrons. The number of carboxylic acids is 1. The summed E-state index contributed by atoms with van der Waals surface area (Å²) in [6.07, 6.45) is 1.29. The van der Waals surface area contributed by atoms with Crippen LogP contribution in [0.3, 0.4) is 0 Å². The van der Waals surface area contributed by atoms with Gasteiger partial charge in [-0.15, -0.1) is 0 Å². The second kappa shape index (κ2) is 12.6. The number of ether oxygens (including phenoxy) is 2. The summed E-state index contributed by atoms with van der Waals surface area (Å²) < 4.78 is 53.0. The molecule has 0 saturated carbocycles. The highest BCUT2D eigenvalue weighted by atomic mass is 32.2. The highest BCUT2D eigenvalue weighted by Gasteiger charge is 2.20. The van der Waals surface area contributed by atoms with E-state index in [-0.39, 0.29) is 40.5 Å². The molecule has 2 aromatic heterocycles. The number of carbonyl (C=O) groups is 1. The molecule has 1 N–H and O–H groups in total. The maximum absolute atomic E-state index is 14.3. The van der Waals surface area contributed by atoms with E-state index in [1.165, 1.54) is 18.2 Å². The van der Waals surface area contributed by atoms with Crippen molar-refractivity contribution in [2.75, 3.05) is 20.0 Å². The first-order chi connectivity index (χ1) is 21.1. The zero-order chi connectivity index (χ0) is 31.4. The summed E-state index contributed by atoms with van der Waals surface area (Å²) in [7, 11) is -2.13. The summed E-state index contributed by atoms with van der Waals surface area (Å²) in [5.41, 5.74) is 3.26. The van der Waals surface area contributed by atoms with Crippen molar-refractivity contribution < 1.29 is 32.2 Å². The average molecular weight is 615 g/mol. The minimum Gasteiger partial charge on any atom is -0.478 e. The third kappa shape index (κ3) is 6.59. The molecule has 5 rings (SSSR count). The molecule has 0 bridgehead atoms. The zero-order valence-corrected chi connectivity index (χ0v) is 24.6. The van der Waals surface area contributed by atoms with Crippen molar-refractivity contribution >= 4 is 26.8 Å². The van der Waals surface area contributed by atoms with E-state index in [4.69, 9.17) is 14.7 Å². The van der Waals surface area contributed by atoms with Crippen LogP contribution in [0.4, 0.5) is 4.39 Å². The van der Waals surface area contributed by atoms with Crippen LogP contribution in [-0.4, -0.2) is 54.0 Å². The molecule has 10 nitrogen and oxygen atoms in total.